The Hall–Kier alpha value is -1.62. The number of rotatable bonds is 3. The average Bonchev–Trinajstić information content (AvgIpc) is 2.15. The molecule has 0 bridgehead atoms. The maximum absolute atomic E-state index is 10.5. The molecule has 14 heavy (non-hydrogen) atoms. The second-order valence-corrected chi connectivity index (χ2v) is 3.13. The number of non-ortho nitro benzene ring substituents is 1. The van der Waals surface area contributed by atoms with Crippen LogP contribution in [0.1, 0.15) is 24.9 Å². The Balaban J connectivity index is 3.13. The second-order valence-electron chi connectivity index (χ2n) is 3.13. The molecule has 0 amide bonds. The summed E-state index contributed by atoms with van der Waals surface area (Å²) >= 11 is 0. The molecule has 1 aromatic rings. The molecule has 5 heteroatoms. The van der Waals surface area contributed by atoms with Crippen molar-refractivity contribution in [3.63, 3.8) is 0 Å². The van der Waals surface area contributed by atoms with Gasteiger partial charge in [-0.05, 0) is 18.1 Å². The number of nitro benzene ring substituents is 1. The van der Waals surface area contributed by atoms with Crippen LogP contribution < -0.4 is 11.5 Å². The molecule has 0 aromatic heterocycles. The summed E-state index contributed by atoms with van der Waals surface area (Å²) in [6.45, 7) is 1.92. The van der Waals surface area contributed by atoms with Crippen LogP contribution in [0.4, 0.5) is 11.4 Å². The highest BCUT2D eigenvalue weighted by atomic mass is 16.6. The number of nitrogens with two attached hydrogens (primary N) is 2. The molecular weight excluding hydrogens is 182 g/mol. The van der Waals surface area contributed by atoms with E-state index in [0.29, 0.717) is 11.3 Å². The van der Waals surface area contributed by atoms with Crippen LogP contribution in [0.3, 0.4) is 0 Å². The molecule has 0 aliphatic carbocycles. The molecule has 0 saturated carbocycles. The maximum Gasteiger partial charge on any atom is 0.271 e. The quantitative estimate of drug-likeness (QED) is 0.435. The van der Waals surface area contributed by atoms with Gasteiger partial charge in [-0.15, -0.1) is 0 Å². The van der Waals surface area contributed by atoms with Crippen LogP contribution in [0.2, 0.25) is 0 Å². The van der Waals surface area contributed by atoms with Crippen LogP contribution in [0, 0.1) is 10.1 Å². The van der Waals surface area contributed by atoms with Crippen LogP contribution >= 0.6 is 0 Å². The van der Waals surface area contributed by atoms with E-state index in [4.69, 9.17) is 11.5 Å². The predicted molar refractivity (Wildman–Crippen MR) is 54.7 cm³/mol. The molecule has 5 nitrogen and oxygen atoms in total. The summed E-state index contributed by atoms with van der Waals surface area (Å²) in [5, 5.41) is 10.5. The number of nitrogens with zero attached hydrogens (tertiary/aromatic N) is 1. The monoisotopic (exact) mass is 195 g/mol. The lowest BCUT2D eigenvalue weighted by Gasteiger charge is -2.09. The molecular formula is C9H13N3O2. The molecule has 76 valence electrons. The van der Waals surface area contributed by atoms with E-state index >= 15 is 0 Å². The molecule has 1 atom stereocenters. The van der Waals surface area contributed by atoms with Crippen LogP contribution in [-0.4, -0.2) is 4.92 Å². The van der Waals surface area contributed by atoms with Gasteiger partial charge in [0.05, 0.1) is 4.92 Å². The van der Waals surface area contributed by atoms with Gasteiger partial charge in [0.25, 0.3) is 5.69 Å². The number of nitrogen functional groups attached to an aromatic ring is 1. The lowest BCUT2D eigenvalue weighted by Crippen LogP contribution is -2.09. The van der Waals surface area contributed by atoms with Crippen LogP contribution in [0.5, 0.6) is 0 Å². The van der Waals surface area contributed by atoms with Gasteiger partial charge in [0.15, 0.2) is 0 Å². The van der Waals surface area contributed by atoms with Crippen molar-refractivity contribution in [1.82, 2.24) is 0 Å². The Morgan fingerprint density at radius 1 is 1.50 bits per heavy atom. The molecule has 0 fully saturated rings. The Kier molecular flexibility index (Phi) is 3.03. The molecule has 0 aliphatic heterocycles. The second kappa shape index (κ2) is 4.06. The van der Waals surface area contributed by atoms with Crippen molar-refractivity contribution in [1.29, 1.82) is 0 Å². The van der Waals surface area contributed by atoms with Gasteiger partial charge in [0.2, 0.25) is 0 Å². The predicted octanol–water partition coefficient (Wildman–Crippen LogP) is 1.59. The van der Waals surface area contributed by atoms with E-state index in [1.165, 1.54) is 12.1 Å². The number of hydrogen-bond donors (Lipinski definition) is 2. The molecule has 1 aromatic carbocycles. The zero-order valence-corrected chi connectivity index (χ0v) is 7.93. The summed E-state index contributed by atoms with van der Waals surface area (Å²) in [5.74, 6) is 0. The van der Waals surface area contributed by atoms with Gasteiger partial charge in [-0.2, -0.15) is 0 Å². The lowest BCUT2D eigenvalue weighted by molar-refractivity contribution is -0.384. The van der Waals surface area contributed by atoms with Gasteiger partial charge in [0, 0.05) is 23.9 Å². The van der Waals surface area contributed by atoms with E-state index in [1.54, 1.807) is 6.07 Å². The summed E-state index contributed by atoms with van der Waals surface area (Å²) < 4.78 is 0. The third-order valence-corrected chi connectivity index (χ3v) is 2.04. The highest BCUT2D eigenvalue weighted by Crippen LogP contribution is 2.23. The highest BCUT2D eigenvalue weighted by molar-refractivity contribution is 5.51. The maximum atomic E-state index is 10.5. The summed E-state index contributed by atoms with van der Waals surface area (Å²) in [5.41, 5.74) is 12.4. The zero-order valence-electron chi connectivity index (χ0n) is 7.93. The van der Waals surface area contributed by atoms with Crippen molar-refractivity contribution >= 4 is 11.4 Å². The van der Waals surface area contributed by atoms with Crippen LogP contribution in [-0.2, 0) is 0 Å². The Morgan fingerprint density at radius 3 is 2.64 bits per heavy atom. The van der Waals surface area contributed by atoms with Crippen molar-refractivity contribution in [3.8, 4) is 0 Å². The number of benzene rings is 1. The minimum Gasteiger partial charge on any atom is -0.399 e. The number of anilines is 1. The lowest BCUT2D eigenvalue weighted by atomic mass is 10.0. The summed E-state index contributed by atoms with van der Waals surface area (Å²) in [6.07, 6.45) is 0.723. The highest BCUT2D eigenvalue weighted by Gasteiger charge is 2.11. The molecule has 0 saturated heterocycles. The van der Waals surface area contributed by atoms with Crippen molar-refractivity contribution in [3.05, 3.63) is 33.9 Å². The molecule has 0 heterocycles. The molecule has 0 radical (unpaired) electrons. The molecule has 4 N–H and O–H groups in total. The van der Waals surface area contributed by atoms with Crippen LogP contribution in [0.25, 0.3) is 0 Å². The van der Waals surface area contributed by atoms with Gasteiger partial charge >= 0.3 is 0 Å². The third kappa shape index (κ3) is 2.20. The van der Waals surface area contributed by atoms with E-state index in [0.717, 1.165) is 6.42 Å². The topological polar surface area (TPSA) is 95.2 Å². The number of hydrogen-bond acceptors (Lipinski definition) is 4. The van der Waals surface area contributed by atoms with Gasteiger partial charge < -0.3 is 11.5 Å². The summed E-state index contributed by atoms with van der Waals surface area (Å²) in [6, 6.07) is 4.26. The van der Waals surface area contributed by atoms with E-state index in [1.807, 2.05) is 6.92 Å². The van der Waals surface area contributed by atoms with Gasteiger partial charge in [-0.25, -0.2) is 0 Å². The Bertz CT molecular complexity index is 352. The first kappa shape index (κ1) is 10.5. The van der Waals surface area contributed by atoms with Crippen molar-refractivity contribution in [2.45, 2.75) is 19.4 Å². The Morgan fingerprint density at radius 2 is 2.14 bits per heavy atom. The van der Waals surface area contributed by atoms with Gasteiger partial charge in [-0.3, -0.25) is 10.1 Å². The van der Waals surface area contributed by atoms with E-state index in [2.05, 4.69) is 0 Å². The van der Waals surface area contributed by atoms with Gasteiger partial charge in [0.1, 0.15) is 0 Å². The summed E-state index contributed by atoms with van der Waals surface area (Å²) in [7, 11) is 0. The van der Waals surface area contributed by atoms with E-state index in [9.17, 15) is 10.1 Å². The smallest absolute Gasteiger partial charge is 0.271 e. The minimum absolute atomic E-state index is 0.0103. The normalized spacial score (nSPS) is 12.4. The Labute approximate surface area is 81.9 Å². The SMILES string of the molecule is CCC(N)c1cc(N)cc([N+](=O)[O-])c1. The van der Waals surface area contributed by atoms with Crippen molar-refractivity contribution < 1.29 is 4.92 Å². The standard InChI is InChI=1S/C9H13N3O2/c1-2-9(11)6-3-7(10)5-8(4-6)12(13)14/h3-5,9H,2,10-11H2,1H3. The minimum atomic E-state index is -0.470. The zero-order chi connectivity index (χ0) is 10.7. The van der Waals surface area contributed by atoms with Crippen LogP contribution in [0.15, 0.2) is 18.2 Å². The number of nitro groups is 1. The van der Waals surface area contributed by atoms with Crippen molar-refractivity contribution in [2.24, 2.45) is 5.73 Å². The van der Waals surface area contributed by atoms with Gasteiger partial charge in [-0.1, -0.05) is 6.92 Å². The first-order valence-electron chi connectivity index (χ1n) is 4.35. The fourth-order valence-electron chi connectivity index (χ4n) is 1.21. The van der Waals surface area contributed by atoms with E-state index < -0.39 is 4.92 Å². The first-order chi connectivity index (χ1) is 6.54. The van der Waals surface area contributed by atoms with E-state index in [-0.39, 0.29) is 11.7 Å². The molecule has 1 rings (SSSR count). The summed E-state index contributed by atoms with van der Waals surface area (Å²) in [4.78, 5) is 10.1. The third-order valence-electron chi connectivity index (χ3n) is 2.04. The van der Waals surface area contributed by atoms with Crippen molar-refractivity contribution in [2.75, 3.05) is 5.73 Å². The average molecular weight is 195 g/mol. The molecule has 0 aliphatic rings. The fraction of sp³-hybridized carbons (Fsp3) is 0.333. The largest absolute Gasteiger partial charge is 0.399 e. The molecule has 1 unspecified atom stereocenters. The first-order valence-corrected chi connectivity index (χ1v) is 4.35. The fourth-order valence-corrected chi connectivity index (χ4v) is 1.21. The molecule has 0 spiro atoms.